The molecule has 95 valence electrons. The highest BCUT2D eigenvalue weighted by molar-refractivity contribution is 5.87. The fourth-order valence-corrected chi connectivity index (χ4v) is 2.62. The first-order chi connectivity index (χ1) is 9.92. The molecule has 2 aromatic rings. The van der Waals surface area contributed by atoms with E-state index in [1.54, 1.807) is 0 Å². The Bertz CT molecular complexity index is 794. The Balaban J connectivity index is 1.85. The number of pyridine rings is 1. The summed E-state index contributed by atoms with van der Waals surface area (Å²) in [7, 11) is 0. The van der Waals surface area contributed by atoms with Crippen LogP contribution >= 0.6 is 0 Å². The molecule has 1 aromatic carbocycles. The molecule has 0 amide bonds. The number of hydrogen-bond donors (Lipinski definition) is 0. The Morgan fingerprint density at radius 2 is 2.05 bits per heavy atom. The van der Waals surface area contributed by atoms with Gasteiger partial charge in [-0.15, -0.1) is 0 Å². The second kappa shape index (κ2) is 4.49. The van der Waals surface area contributed by atoms with E-state index >= 15 is 0 Å². The van der Waals surface area contributed by atoms with E-state index in [2.05, 4.69) is 64.8 Å². The lowest BCUT2D eigenvalue weighted by Crippen LogP contribution is -2.21. The van der Waals surface area contributed by atoms with Crippen molar-refractivity contribution in [3.05, 3.63) is 84.5 Å². The van der Waals surface area contributed by atoms with Crippen LogP contribution in [0.4, 0.5) is 0 Å². The molecule has 0 saturated heterocycles. The summed E-state index contributed by atoms with van der Waals surface area (Å²) in [5.74, 6) is 0. The molecule has 0 atom stereocenters. The number of fused-ring (bicyclic) bond motifs is 2. The number of rotatable bonds is 1. The minimum absolute atomic E-state index is 0.914. The molecule has 0 spiro atoms. The fraction of sp³-hybridized carbons (Fsp3) is 0.0556. The van der Waals surface area contributed by atoms with Crippen LogP contribution in [0.2, 0.25) is 0 Å². The largest absolute Gasteiger partial charge is 0.344 e. The van der Waals surface area contributed by atoms with E-state index in [1.807, 2.05) is 18.2 Å². The minimum atomic E-state index is 0.914. The van der Waals surface area contributed by atoms with Crippen molar-refractivity contribution in [1.82, 2.24) is 9.88 Å². The predicted molar refractivity (Wildman–Crippen MR) is 81.6 cm³/mol. The van der Waals surface area contributed by atoms with Crippen LogP contribution < -0.4 is 0 Å². The molecule has 1 aromatic heterocycles. The molecule has 0 unspecified atom stereocenters. The third-order valence-corrected chi connectivity index (χ3v) is 3.63. The van der Waals surface area contributed by atoms with Crippen LogP contribution in [-0.2, 0) is 0 Å². The smallest absolute Gasteiger partial charge is 0.0978 e. The molecule has 20 heavy (non-hydrogen) atoms. The SMILES string of the molecule is [c]1nc(C2=CC=CN3CC=CC=C23)cc2ccccc12. The van der Waals surface area contributed by atoms with E-state index in [-0.39, 0.29) is 0 Å². The molecule has 2 aliphatic rings. The van der Waals surface area contributed by atoms with Crippen molar-refractivity contribution in [2.24, 2.45) is 0 Å². The van der Waals surface area contributed by atoms with Crippen molar-refractivity contribution in [3.8, 4) is 0 Å². The quantitative estimate of drug-likeness (QED) is 0.774. The van der Waals surface area contributed by atoms with Crippen molar-refractivity contribution >= 4 is 16.3 Å². The first kappa shape index (κ1) is 11.2. The van der Waals surface area contributed by atoms with Crippen molar-refractivity contribution in [2.75, 3.05) is 6.54 Å². The van der Waals surface area contributed by atoms with Crippen LogP contribution in [0, 0.1) is 6.20 Å². The Morgan fingerprint density at radius 1 is 1.10 bits per heavy atom. The maximum Gasteiger partial charge on any atom is 0.0978 e. The van der Waals surface area contributed by atoms with Crippen molar-refractivity contribution in [3.63, 3.8) is 0 Å². The van der Waals surface area contributed by atoms with Gasteiger partial charge < -0.3 is 4.90 Å². The Labute approximate surface area is 118 Å². The molecule has 2 nitrogen and oxygen atoms in total. The fourth-order valence-electron chi connectivity index (χ4n) is 2.62. The molecule has 0 bridgehead atoms. The topological polar surface area (TPSA) is 16.1 Å². The molecular formula is C18H13N2. The molecule has 2 heteroatoms. The van der Waals surface area contributed by atoms with Crippen LogP contribution in [0.3, 0.4) is 0 Å². The van der Waals surface area contributed by atoms with Gasteiger partial charge in [0.05, 0.1) is 17.6 Å². The highest BCUT2D eigenvalue weighted by atomic mass is 15.1. The zero-order valence-corrected chi connectivity index (χ0v) is 11.0. The number of aromatic nitrogens is 1. The Hall–Kier alpha value is -2.61. The second-order valence-electron chi connectivity index (χ2n) is 4.89. The van der Waals surface area contributed by atoms with Gasteiger partial charge in [-0.3, -0.25) is 0 Å². The van der Waals surface area contributed by atoms with E-state index in [4.69, 9.17) is 0 Å². The van der Waals surface area contributed by atoms with Crippen LogP contribution in [-0.4, -0.2) is 16.4 Å². The monoisotopic (exact) mass is 257 g/mol. The van der Waals surface area contributed by atoms with Gasteiger partial charge in [-0.05, 0) is 29.7 Å². The summed E-state index contributed by atoms with van der Waals surface area (Å²) in [5.41, 5.74) is 3.32. The van der Waals surface area contributed by atoms with Gasteiger partial charge in [-0.1, -0.05) is 36.4 Å². The summed E-state index contributed by atoms with van der Waals surface area (Å²) >= 11 is 0. The number of benzene rings is 1. The van der Waals surface area contributed by atoms with Gasteiger partial charge in [0.1, 0.15) is 0 Å². The Kier molecular flexibility index (Phi) is 2.52. The average Bonchev–Trinajstić information content (AvgIpc) is 2.54. The van der Waals surface area contributed by atoms with Crippen LogP contribution in [0.15, 0.2) is 72.6 Å². The average molecular weight is 257 g/mol. The van der Waals surface area contributed by atoms with Gasteiger partial charge in [0.2, 0.25) is 0 Å². The second-order valence-corrected chi connectivity index (χ2v) is 4.89. The minimum Gasteiger partial charge on any atom is -0.344 e. The predicted octanol–water partition coefficient (Wildman–Crippen LogP) is 3.70. The zero-order chi connectivity index (χ0) is 13.4. The van der Waals surface area contributed by atoms with Crippen molar-refractivity contribution in [1.29, 1.82) is 0 Å². The van der Waals surface area contributed by atoms with Crippen LogP contribution in [0.25, 0.3) is 16.3 Å². The number of hydrogen-bond acceptors (Lipinski definition) is 2. The summed E-state index contributed by atoms with van der Waals surface area (Å²) in [6.07, 6.45) is 15.8. The van der Waals surface area contributed by atoms with E-state index < -0.39 is 0 Å². The normalized spacial score (nSPS) is 16.9. The highest BCUT2D eigenvalue weighted by Crippen LogP contribution is 2.30. The molecule has 4 rings (SSSR count). The summed E-state index contributed by atoms with van der Waals surface area (Å²) in [5, 5.41) is 2.23. The van der Waals surface area contributed by atoms with Crippen LogP contribution in [0.5, 0.6) is 0 Å². The molecule has 1 radical (unpaired) electrons. The van der Waals surface area contributed by atoms with Crippen molar-refractivity contribution in [2.45, 2.75) is 0 Å². The lowest BCUT2D eigenvalue weighted by atomic mass is 10.0. The summed E-state index contributed by atoms with van der Waals surface area (Å²) < 4.78 is 0. The van der Waals surface area contributed by atoms with E-state index in [0.717, 1.165) is 23.2 Å². The molecule has 0 N–H and O–H groups in total. The van der Waals surface area contributed by atoms with Gasteiger partial charge in [0.25, 0.3) is 0 Å². The van der Waals surface area contributed by atoms with Gasteiger partial charge in [-0.2, -0.15) is 0 Å². The highest BCUT2D eigenvalue weighted by Gasteiger charge is 2.18. The van der Waals surface area contributed by atoms with Crippen molar-refractivity contribution < 1.29 is 0 Å². The van der Waals surface area contributed by atoms with E-state index in [1.165, 1.54) is 11.1 Å². The molecule has 2 aliphatic heterocycles. The van der Waals surface area contributed by atoms with Gasteiger partial charge in [0.15, 0.2) is 0 Å². The number of nitrogens with zero attached hydrogens (tertiary/aromatic N) is 2. The van der Waals surface area contributed by atoms with Gasteiger partial charge >= 0.3 is 0 Å². The standard InChI is InChI=1S/C18H13N2/c1-2-7-15-13-19-17(12-14(15)6-1)16-8-5-11-20-10-4-3-9-18(16)20/h1-9,11-12H,10H2. The maximum absolute atomic E-state index is 4.50. The third-order valence-electron chi connectivity index (χ3n) is 3.63. The summed E-state index contributed by atoms with van der Waals surface area (Å²) in [4.78, 5) is 6.73. The zero-order valence-electron chi connectivity index (χ0n) is 11.0. The van der Waals surface area contributed by atoms with Gasteiger partial charge in [0, 0.05) is 23.7 Å². The summed E-state index contributed by atoms with van der Waals surface area (Å²) in [6.45, 7) is 0.914. The third kappa shape index (κ3) is 1.77. The molecular weight excluding hydrogens is 244 g/mol. The molecule has 0 saturated carbocycles. The molecule has 0 fully saturated rings. The van der Waals surface area contributed by atoms with E-state index in [0.29, 0.717) is 0 Å². The maximum atomic E-state index is 4.50. The molecule has 0 aliphatic carbocycles. The lowest BCUT2D eigenvalue weighted by Gasteiger charge is -2.28. The number of allylic oxidation sites excluding steroid dienone is 5. The molecule has 3 heterocycles. The summed E-state index contributed by atoms with van der Waals surface area (Å²) in [6, 6.07) is 10.3. The van der Waals surface area contributed by atoms with Gasteiger partial charge in [-0.25, -0.2) is 4.98 Å². The van der Waals surface area contributed by atoms with E-state index in [9.17, 15) is 0 Å². The first-order valence-corrected chi connectivity index (χ1v) is 6.72. The lowest BCUT2D eigenvalue weighted by molar-refractivity contribution is 0.528. The Morgan fingerprint density at radius 3 is 3.05 bits per heavy atom. The van der Waals surface area contributed by atoms with Crippen LogP contribution in [0.1, 0.15) is 5.69 Å². The first-order valence-electron chi connectivity index (χ1n) is 6.72.